The second kappa shape index (κ2) is 10.5. The molecule has 2 aliphatic rings. The number of halogens is 1. The van der Waals surface area contributed by atoms with E-state index in [0.29, 0.717) is 6.42 Å². The van der Waals surface area contributed by atoms with Crippen molar-refractivity contribution in [3.05, 3.63) is 59.7 Å². The molecule has 152 valence electrons. The summed E-state index contributed by atoms with van der Waals surface area (Å²) in [6.07, 6.45) is 13.0. The number of allylic oxidation sites excluding steroid dienone is 4. The van der Waals surface area contributed by atoms with Crippen LogP contribution < -0.4 is 0 Å². The summed E-state index contributed by atoms with van der Waals surface area (Å²) in [7, 11) is 2.29. The molecule has 0 aromatic heterocycles. The van der Waals surface area contributed by atoms with Gasteiger partial charge in [0, 0.05) is 27.7 Å². The number of carbonyl (C=O) groups is 1. The molecule has 3 rings (SSSR count). The summed E-state index contributed by atoms with van der Waals surface area (Å²) in [6, 6.07) is 8.25. The lowest BCUT2D eigenvalue weighted by molar-refractivity contribution is -0.117. The Morgan fingerprint density at radius 1 is 1.25 bits per heavy atom. The maximum Gasteiger partial charge on any atom is 0.159 e. The average molecular weight is 402 g/mol. The van der Waals surface area contributed by atoms with Crippen LogP contribution in [0.4, 0.5) is 4.39 Å². The Balaban J connectivity index is 1.61. The number of ketones is 1. The quantitative estimate of drug-likeness (QED) is 0.225. The van der Waals surface area contributed by atoms with Gasteiger partial charge in [-0.25, -0.2) is 4.39 Å². The van der Waals surface area contributed by atoms with Gasteiger partial charge in [-0.3, -0.25) is 4.79 Å². The van der Waals surface area contributed by atoms with Crippen molar-refractivity contribution in [2.24, 2.45) is 17.8 Å². The van der Waals surface area contributed by atoms with Gasteiger partial charge in [0.05, 0.1) is 6.10 Å². The molecule has 0 aliphatic heterocycles. The first-order valence-electron chi connectivity index (χ1n) is 10.6. The fourth-order valence-corrected chi connectivity index (χ4v) is 4.91. The average Bonchev–Trinajstić information content (AvgIpc) is 3.27. The fraction of sp³-hybridized carbons (Fsp3) is 0.542. The topological polar surface area (TPSA) is 26.3 Å². The van der Waals surface area contributed by atoms with Crippen LogP contribution in [0.5, 0.6) is 0 Å². The predicted octanol–water partition coefficient (Wildman–Crippen LogP) is 5.81. The third-order valence-electron chi connectivity index (χ3n) is 6.26. The summed E-state index contributed by atoms with van der Waals surface area (Å²) in [5, 5.41) is 0. The minimum Gasteiger partial charge on any atom is -0.362 e. The van der Waals surface area contributed by atoms with E-state index in [-0.39, 0.29) is 29.6 Å². The zero-order valence-electron chi connectivity index (χ0n) is 16.7. The van der Waals surface area contributed by atoms with Gasteiger partial charge in [-0.1, -0.05) is 62.3 Å². The molecule has 0 heterocycles. The zero-order chi connectivity index (χ0) is 19.9. The monoisotopic (exact) mass is 402 g/mol. The third-order valence-corrected chi connectivity index (χ3v) is 6.61. The van der Waals surface area contributed by atoms with Crippen LogP contribution in [0.15, 0.2) is 48.6 Å². The van der Waals surface area contributed by atoms with Crippen LogP contribution in [0.25, 0.3) is 0 Å². The van der Waals surface area contributed by atoms with Gasteiger partial charge < -0.3 is 4.52 Å². The first kappa shape index (κ1) is 21.4. The molecule has 2 aliphatic carbocycles. The minimum atomic E-state index is -0.954. The molecule has 1 saturated carbocycles. The Morgan fingerprint density at radius 3 is 2.61 bits per heavy atom. The maximum absolute atomic E-state index is 14.7. The second-order valence-electron chi connectivity index (χ2n) is 8.15. The molecule has 5 atom stereocenters. The van der Waals surface area contributed by atoms with Gasteiger partial charge in [0.25, 0.3) is 0 Å². The van der Waals surface area contributed by atoms with Crippen molar-refractivity contribution in [3.63, 3.8) is 0 Å². The number of unbranched alkanes of at least 4 members (excludes halogenated alkanes) is 2. The Labute approximate surface area is 170 Å². The van der Waals surface area contributed by atoms with E-state index in [4.69, 9.17) is 4.52 Å². The van der Waals surface area contributed by atoms with Crippen molar-refractivity contribution in [2.45, 2.75) is 64.1 Å². The SMILES string of the molecule is CCCC/C=C/CC1C(OP)CC(F)C1/C=C/C(=O)C1Cc2ccccc2C1. The zero-order valence-corrected chi connectivity index (χ0v) is 17.9. The molecule has 0 bridgehead atoms. The molecule has 4 heteroatoms. The van der Waals surface area contributed by atoms with E-state index >= 15 is 0 Å². The summed E-state index contributed by atoms with van der Waals surface area (Å²) >= 11 is 0. The van der Waals surface area contributed by atoms with E-state index in [1.54, 1.807) is 6.08 Å². The molecule has 1 aromatic carbocycles. The van der Waals surface area contributed by atoms with E-state index in [0.717, 1.165) is 25.7 Å². The summed E-state index contributed by atoms with van der Waals surface area (Å²) < 4.78 is 20.1. The van der Waals surface area contributed by atoms with Crippen molar-refractivity contribution in [1.82, 2.24) is 0 Å². The highest BCUT2D eigenvalue weighted by molar-refractivity contribution is 7.09. The number of carbonyl (C=O) groups excluding carboxylic acids is 1. The molecule has 0 N–H and O–H groups in total. The van der Waals surface area contributed by atoms with Crippen molar-refractivity contribution < 1.29 is 13.7 Å². The van der Waals surface area contributed by atoms with E-state index in [1.807, 2.05) is 18.2 Å². The minimum absolute atomic E-state index is 0.00529. The van der Waals surface area contributed by atoms with E-state index in [2.05, 4.69) is 40.7 Å². The molecule has 5 unspecified atom stereocenters. The van der Waals surface area contributed by atoms with Crippen molar-refractivity contribution in [3.8, 4) is 0 Å². The first-order valence-corrected chi connectivity index (χ1v) is 11.0. The fourth-order valence-electron chi connectivity index (χ4n) is 4.59. The van der Waals surface area contributed by atoms with E-state index in [1.165, 1.54) is 24.0 Å². The molecule has 1 aromatic rings. The Hall–Kier alpha value is -1.31. The molecule has 0 spiro atoms. The van der Waals surface area contributed by atoms with Crippen molar-refractivity contribution >= 4 is 15.2 Å². The number of benzene rings is 1. The molecular formula is C24H32FO2P. The Kier molecular flexibility index (Phi) is 8.00. The molecular weight excluding hydrogens is 370 g/mol. The highest BCUT2D eigenvalue weighted by Crippen LogP contribution is 2.41. The summed E-state index contributed by atoms with van der Waals surface area (Å²) in [6.45, 7) is 2.18. The van der Waals surface area contributed by atoms with Crippen LogP contribution >= 0.6 is 9.47 Å². The molecule has 0 radical (unpaired) electrons. The normalized spacial score (nSPS) is 27.8. The van der Waals surface area contributed by atoms with E-state index < -0.39 is 6.17 Å². The van der Waals surface area contributed by atoms with Crippen LogP contribution in [-0.2, 0) is 22.2 Å². The van der Waals surface area contributed by atoms with Crippen LogP contribution in [0, 0.1) is 17.8 Å². The molecule has 0 saturated heterocycles. The van der Waals surface area contributed by atoms with Crippen LogP contribution in [0.1, 0.15) is 50.2 Å². The summed E-state index contributed by atoms with van der Waals surface area (Å²) in [5.41, 5.74) is 2.54. The van der Waals surface area contributed by atoms with Gasteiger partial charge >= 0.3 is 0 Å². The molecule has 0 amide bonds. The van der Waals surface area contributed by atoms with Crippen molar-refractivity contribution in [2.75, 3.05) is 0 Å². The van der Waals surface area contributed by atoms with E-state index in [9.17, 15) is 9.18 Å². The highest BCUT2D eigenvalue weighted by atomic mass is 31.0. The van der Waals surface area contributed by atoms with Gasteiger partial charge in [0.2, 0.25) is 0 Å². The number of hydrogen-bond acceptors (Lipinski definition) is 2. The predicted molar refractivity (Wildman–Crippen MR) is 116 cm³/mol. The number of rotatable bonds is 9. The number of hydrogen-bond donors (Lipinski definition) is 0. The second-order valence-corrected chi connectivity index (χ2v) is 8.42. The maximum atomic E-state index is 14.7. The van der Waals surface area contributed by atoms with Gasteiger partial charge in [0.1, 0.15) is 6.17 Å². The van der Waals surface area contributed by atoms with Gasteiger partial charge in [0.15, 0.2) is 5.78 Å². The third kappa shape index (κ3) is 5.19. The lowest BCUT2D eigenvalue weighted by Crippen LogP contribution is -2.20. The highest BCUT2D eigenvalue weighted by Gasteiger charge is 2.42. The Morgan fingerprint density at radius 2 is 1.96 bits per heavy atom. The first-order chi connectivity index (χ1) is 13.6. The summed E-state index contributed by atoms with van der Waals surface area (Å²) in [5.74, 6) is -0.0607. The van der Waals surface area contributed by atoms with Crippen LogP contribution in [0.2, 0.25) is 0 Å². The molecule has 28 heavy (non-hydrogen) atoms. The van der Waals surface area contributed by atoms with Gasteiger partial charge in [-0.05, 0) is 48.8 Å². The lowest BCUT2D eigenvalue weighted by Gasteiger charge is -2.20. The van der Waals surface area contributed by atoms with Crippen molar-refractivity contribution in [1.29, 1.82) is 0 Å². The summed E-state index contributed by atoms with van der Waals surface area (Å²) in [4.78, 5) is 12.7. The largest absolute Gasteiger partial charge is 0.362 e. The number of alkyl halides is 1. The number of fused-ring (bicyclic) bond motifs is 1. The lowest BCUT2D eigenvalue weighted by atomic mass is 9.89. The molecule has 2 nitrogen and oxygen atoms in total. The van der Waals surface area contributed by atoms with Gasteiger partial charge in [-0.2, -0.15) is 0 Å². The van der Waals surface area contributed by atoms with Gasteiger partial charge in [-0.15, -0.1) is 0 Å². The standard InChI is InChI=1S/C24H32FO2P/c1-2-3-4-5-6-11-21-20(22(25)16-24(21)27-28)12-13-23(26)19-14-17-9-7-8-10-18(17)15-19/h5-10,12-13,19-22,24H,2-4,11,14-16,28H2,1H3/b6-5+,13-12+. The van der Waals surface area contributed by atoms with Crippen LogP contribution in [-0.4, -0.2) is 18.1 Å². The smallest absolute Gasteiger partial charge is 0.159 e. The molecule has 1 fully saturated rings. The Bertz CT molecular complexity index is 689. The van der Waals surface area contributed by atoms with Crippen LogP contribution in [0.3, 0.4) is 0 Å².